The molecule has 158 valence electrons. The van der Waals surface area contributed by atoms with Crippen LogP contribution >= 0.6 is 0 Å². The number of benzene rings is 2. The number of non-ortho nitro benzene ring substituents is 1. The van der Waals surface area contributed by atoms with E-state index in [9.17, 15) is 14.9 Å². The minimum atomic E-state index is -0.668. The minimum absolute atomic E-state index is 0.0482. The number of amides is 1. The Morgan fingerprint density at radius 1 is 1.23 bits per heavy atom. The zero-order chi connectivity index (χ0) is 22.1. The van der Waals surface area contributed by atoms with Crippen molar-refractivity contribution in [3.05, 3.63) is 75.5 Å². The summed E-state index contributed by atoms with van der Waals surface area (Å²) in [5.74, 6) is 1.02. The average Bonchev–Trinajstić information content (AvgIpc) is 3.17. The number of nitrogens with two attached hydrogens (primary N) is 1. The summed E-state index contributed by atoms with van der Waals surface area (Å²) in [5, 5.41) is 18.7. The summed E-state index contributed by atoms with van der Waals surface area (Å²) < 4.78 is 7.04. The quantitative estimate of drug-likeness (QED) is 0.462. The molecule has 0 saturated carbocycles. The molecule has 1 amide bonds. The number of ether oxygens (including phenoxy) is 1. The van der Waals surface area contributed by atoms with Crippen LogP contribution in [0.2, 0.25) is 0 Å². The highest BCUT2D eigenvalue weighted by Crippen LogP contribution is 2.36. The highest BCUT2D eigenvalue weighted by atomic mass is 16.6. The maximum Gasteiger partial charge on any atom is 0.269 e. The zero-order valence-electron chi connectivity index (χ0n) is 16.9. The number of carbonyl (C=O) groups is 1. The van der Waals surface area contributed by atoms with Crippen molar-refractivity contribution in [1.29, 1.82) is 0 Å². The number of hydrogen-bond donors (Lipinski definition) is 2. The van der Waals surface area contributed by atoms with Gasteiger partial charge in [0.2, 0.25) is 11.9 Å². The number of nitrogens with one attached hydrogen (secondary N) is 1. The Kier molecular flexibility index (Phi) is 5.12. The molecule has 2 heterocycles. The van der Waals surface area contributed by atoms with Gasteiger partial charge in [-0.3, -0.25) is 14.9 Å². The second kappa shape index (κ2) is 7.90. The third-order valence-electron chi connectivity index (χ3n) is 4.96. The maximum absolute atomic E-state index is 12.2. The molecule has 0 fully saturated rings. The lowest BCUT2D eigenvalue weighted by atomic mass is 9.95. The molecule has 3 aromatic rings. The molecule has 2 aromatic carbocycles. The molecular weight excluding hydrogens is 400 g/mol. The van der Waals surface area contributed by atoms with Crippen LogP contribution in [0.4, 0.5) is 11.6 Å². The third kappa shape index (κ3) is 3.70. The van der Waals surface area contributed by atoms with Gasteiger partial charge in [0.1, 0.15) is 11.8 Å². The number of anilines is 1. The van der Waals surface area contributed by atoms with Crippen molar-refractivity contribution in [2.45, 2.75) is 19.9 Å². The second-order valence-corrected chi connectivity index (χ2v) is 6.94. The van der Waals surface area contributed by atoms with Crippen LogP contribution in [-0.4, -0.2) is 32.2 Å². The van der Waals surface area contributed by atoms with Crippen LogP contribution in [0.3, 0.4) is 0 Å². The number of carbonyl (C=O) groups excluding carboxylic acids is 1. The topological polar surface area (TPSA) is 138 Å². The first-order valence-electron chi connectivity index (χ1n) is 9.60. The highest BCUT2D eigenvalue weighted by Gasteiger charge is 2.33. The molecule has 4 rings (SSSR count). The number of allylic oxidation sites excluding steroid dienone is 1. The van der Waals surface area contributed by atoms with Gasteiger partial charge in [0, 0.05) is 23.4 Å². The van der Waals surface area contributed by atoms with Gasteiger partial charge in [0.05, 0.1) is 17.1 Å². The Balaban J connectivity index is 1.79. The van der Waals surface area contributed by atoms with E-state index < -0.39 is 16.9 Å². The van der Waals surface area contributed by atoms with E-state index in [0.717, 1.165) is 11.3 Å². The second-order valence-electron chi connectivity index (χ2n) is 6.94. The summed E-state index contributed by atoms with van der Waals surface area (Å²) in [6.45, 7) is 4.21. The number of nitro benzene ring substituents is 1. The van der Waals surface area contributed by atoms with Crippen LogP contribution in [-0.2, 0) is 4.79 Å². The molecule has 0 bridgehead atoms. The van der Waals surface area contributed by atoms with Gasteiger partial charge in [-0.1, -0.05) is 0 Å². The molecule has 3 N–H and O–H groups in total. The number of primary amides is 1. The molecule has 1 aliphatic rings. The Morgan fingerprint density at radius 3 is 2.48 bits per heavy atom. The molecule has 31 heavy (non-hydrogen) atoms. The first kappa shape index (κ1) is 20.1. The number of nitro groups is 1. The molecule has 10 nitrogen and oxygen atoms in total. The number of rotatable bonds is 6. The van der Waals surface area contributed by atoms with Gasteiger partial charge in [0.25, 0.3) is 5.69 Å². The molecule has 1 aromatic heterocycles. The van der Waals surface area contributed by atoms with Crippen LogP contribution in [0.15, 0.2) is 59.8 Å². The van der Waals surface area contributed by atoms with Crippen LogP contribution in [0.5, 0.6) is 5.75 Å². The molecule has 0 aliphatic carbocycles. The molecule has 1 aliphatic heterocycles. The van der Waals surface area contributed by atoms with Gasteiger partial charge in [-0.2, -0.15) is 4.98 Å². The molecular formula is C21H20N6O4. The van der Waals surface area contributed by atoms with Crippen molar-refractivity contribution in [1.82, 2.24) is 14.8 Å². The van der Waals surface area contributed by atoms with E-state index in [4.69, 9.17) is 10.5 Å². The lowest BCUT2D eigenvalue weighted by Gasteiger charge is -2.27. The Hall–Kier alpha value is -4.21. The van der Waals surface area contributed by atoms with Gasteiger partial charge in [0.15, 0.2) is 5.82 Å². The third-order valence-corrected chi connectivity index (χ3v) is 4.96. The summed E-state index contributed by atoms with van der Waals surface area (Å²) >= 11 is 0. The van der Waals surface area contributed by atoms with E-state index >= 15 is 0 Å². The number of fused-ring (bicyclic) bond motifs is 1. The van der Waals surface area contributed by atoms with Crippen molar-refractivity contribution in [2.75, 3.05) is 11.9 Å². The molecule has 10 heteroatoms. The number of aromatic nitrogens is 3. The minimum Gasteiger partial charge on any atom is -0.494 e. The predicted octanol–water partition coefficient (Wildman–Crippen LogP) is 3.03. The SMILES string of the molecule is CCOc1ccc(-c2nc3n(n2)C(c2ccc([N+](=O)[O-])cc2)C(C(N)=O)=C(C)N3)cc1. The smallest absolute Gasteiger partial charge is 0.269 e. The molecule has 0 radical (unpaired) electrons. The maximum atomic E-state index is 12.2. The zero-order valence-corrected chi connectivity index (χ0v) is 16.9. The van der Waals surface area contributed by atoms with Gasteiger partial charge in [-0.25, -0.2) is 4.68 Å². The van der Waals surface area contributed by atoms with Crippen LogP contribution < -0.4 is 15.8 Å². The van der Waals surface area contributed by atoms with Gasteiger partial charge in [-0.05, 0) is 55.8 Å². The van der Waals surface area contributed by atoms with Crippen molar-refractivity contribution >= 4 is 17.5 Å². The van der Waals surface area contributed by atoms with Crippen molar-refractivity contribution in [3.63, 3.8) is 0 Å². The average molecular weight is 420 g/mol. The molecule has 0 spiro atoms. The predicted molar refractivity (Wildman–Crippen MR) is 113 cm³/mol. The Labute approximate surface area is 177 Å². The Bertz CT molecular complexity index is 1180. The van der Waals surface area contributed by atoms with E-state index in [2.05, 4.69) is 15.4 Å². The standard InChI is InChI=1S/C21H20N6O4/c1-3-31-16-10-6-14(7-11-16)20-24-21-23-12(2)17(19(22)28)18(26(21)25-20)13-4-8-15(9-5-13)27(29)30/h4-11,18H,3H2,1-2H3,(H2,22,28)(H,23,24,25). The monoisotopic (exact) mass is 420 g/mol. The first-order chi connectivity index (χ1) is 14.9. The number of hydrogen-bond acceptors (Lipinski definition) is 7. The summed E-state index contributed by atoms with van der Waals surface area (Å²) in [6.07, 6.45) is 0. The van der Waals surface area contributed by atoms with Crippen LogP contribution in [0.1, 0.15) is 25.5 Å². The van der Waals surface area contributed by atoms with Crippen molar-refractivity contribution in [2.24, 2.45) is 5.73 Å². The fraction of sp³-hybridized carbons (Fsp3) is 0.190. The highest BCUT2D eigenvalue weighted by molar-refractivity contribution is 5.95. The van der Waals surface area contributed by atoms with E-state index in [0.29, 0.717) is 35.2 Å². The largest absolute Gasteiger partial charge is 0.494 e. The van der Waals surface area contributed by atoms with Gasteiger partial charge >= 0.3 is 0 Å². The normalized spacial score (nSPS) is 15.2. The first-order valence-corrected chi connectivity index (χ1v) is 9.60. The fourth-order valence-electron chi connectivity index (χ4n) is 3.55. The number of nitrogens with zero attached hydrogens (tertiary/aromatic N) is 4. The summed E-state index contributed by atoms with van der Waals surface area (Å²) in [7, 11) is 0. The lowest BCUT2D eigenvalue weighted by Crippen LogP contribution is -2.31. The van der Waals surface area contributed by atoms with Crippen LogP contribution in [0.25, 0.3) is 11.4 Å². The van der Waals surface area contributed by atoms with E-state index in [1.54, 1.807) is 23.7 Å². The van der Waals surface area contributed by atoms with E-state index in [-0.39, 0.29) is 5.69 Å². The van der Waals surface area contributed by atoms with Crippen molar-refractivity contribution < 1.29 is 14.5 Å². The fourth-order valence-corrected chi connectivity index (χ4v) is 3.55. The molecule has 1 unspecified atom stereocenters. The molecule has 0 saturated heterocycles. The Morgan fingerprint density at radius 2 is 1.90 bits per heavy atom. The van der Waals surface area contributed by atoms with Gasteiger partial charge in [-0.15, -0.1) is 5.10 Å². The van der Waals surface area contributed by atoms with E-state index in [1.807, 2.05) is 31.2 Å². The lowest BCUT2D eigenvalue weighted by molar-refractivity contribution is -0.384. The molecule has 1 atom stereocenters. The summed E-state index contributed by atoms with van der Waals surface area (Å²) in [4.78, 5) is 27.4. The van der Waals surface area contributed by atoms with E-state index in [1.165, 1.54) is 12.1 Å². The van der Waals surface area contributed by atoms with Crippen LogP contribution in [0, 0.1) is 10.1 Å². The van der Waals surface area contributed by atoms with Gasteiger partial charge < -0.3 is 15.8 Å². The summed E-state index contributed by atoms with van der Waals surface area (Å²) in [5.41, 5.74) is 7.88. The summed E-state index contributed by atoms with van der Waals surface area (Å²) in [6, 6.07) is 12.6. The van der Waals surface area contributed by atoms with Crippen molar-refractivity contribution in [3.8, 4) is 17.1 Å².